The van der Waals surface area contributed by atoms with Crippen LogP contribution in [0.1, 0.15) is 16.1 Å². The van der Waals surface area contributed by atoms with Crippen molar-refractivity contribution >= 4 is 73.7 Å². The van der Waals surface area contributed by atoms with Crippen molar-refractivity contribution in [1.29, 1.82) is 0 Å². The van der Waals surface area contributed by atoms with E-state index in [1.807, 2.05) is 0 Å². The first kappa shape index (κ1) is 33.2. The number of phenols is 1. The van der Waals surface area contributed by atoms with Crippen molar-refractivity contribution < 1.29 is 55.7 Å². The molecular weight excluding hydrogens is 608 g/mol. The third-order valence-corrected chi connectivity index (χ3v) is 6.34. The van der Waals surface area contributed by atoms with E-state index in [-0.39, 0.29) is 27.7 Å². The number of nitro benzene ring substituents is 1. The number of aromatic carboxylic acids is 1. The number of non-ortho nitro benzene ring substituents is 1. The van der Waals surface area contributed by atoms with E-state index >= 15 is 0 Å². The van der Waals surface area contributed by atoms with Crippen LogP contribution >= 0.6 is 24.2 Å². The molecule has 3 aromatic rings. The van der Waals surface area contributed by atoms with Crippen LogP contribution in [0.5, 0.6) is 5.75 Å². The molecule has 0 spiro atoms. The average molecular weight is 625 g/mol. The SMILES string of the molecule is Nc1cc(C(=O)O)c(O)c(S(=O)(=O)O)c1.O=C(S)C(=O)Cc1ccco1.O=[N+]([O-])c1ccc(Cl)c(S(=O)O)c1. The minimum atomic E-state index is -4.71. The summed E-state index contributed by atoms with van der Waals surface area (Å²) >= 11 is 6.59. The van der Waals surface area contributed by atoms with E-state index in [2.05, 4.69) is 12.6 Å². The van der Waals surface area contributed by atoms with Gasteiger partial charge in [0, 0.05) is 17.8 Å². The number of nitrogens with two attached hydrogens (primary N) is 1. The molecule has 1 unspecified atom stereocenters. The smallest absolute Gasteiger partial charge is 0.339 e. The third kappa shape index (κ3) is 10.5. The summed E-state index contributed by atoms with van der Waals surface area (Å²) in [5.41, 5.74) is 4.06. The highest BCUT2D eigenvalue weighted by Crippen LogP contribution is 2.29. The van der Waals surface area contributed by atoms with Crippen molar-refractivity contribution in [2.75, 3.05) is 5.73 Å². The van der Waals surface area contributed by atoms with Crippen molar-refractivity contribution in [3.63, 3.8) is 0 Å². The second kappa shape index (κ2) is 14.4. The molecule has 0 aliphatic rings. The summed E-state index contributed by atoms with van der Waals surface area (Å²) in [4.78, 5) is 40.2. The number of nitrogen functional groups attached to an aromatic ring is 1. The summed E-state index contributed by atoms with van der Waals surface area (Å²) in [5, 5.41) is 27.4. The van der Waals surface area contributed by atoms with E-state index in [9.17, 15) is 42.2 Å². The predicted octanol–water partition coefficient (Wildman–Crippen LogP) is 2.60. The number of rotatable bonds is 7. The van der Waals surface area contributed by atoms with Crippen LogP contribution in [0.25, 0.3) is 0 Å². The van der Waals surface area contributed by atoms with Crippen molar-refractivity contribution in [2.45, 2.75) is 16.2 Å². The van der Waals surface area contributed by atoms with Gasteiger partial charge in [-0.05, 0) is 30.3 Å². The average Bonchev–Trinajstić information content (AvgIpc) is 3.33. The summed E-state index contributed by atoms with van der Waals surface area (Å²) < 4.78 is 54.2. The highest BCUT2D eigenvalue weighted by atomic mass is 35.5. The first-order chi connectivity index (χ1) is 17.9. The lowest BCUT2D eigenvalue weighted by molar-refractivity contribution is -0.385. The van der Waals surface area contributed by atoms with Gasteiger partial charge in [0.2, 0.25) is 5.78 Å². The molecule has 6 N–H and O–H groups in total. The Kier molecular flexibility index (Phi) is 12.2. The molecule has 1 aromatic heterocycles. The van der Waals surface area contributed by atoms with E-state index in [0.29, 0.717) is 5.76 Å². The summed E-state index contributed by atoms with van der Waals surface area (Å²) in [6, 6.07) is 8.28. The zero-order valence-electron chi connectivity index (χ0n) is 19.0. The van der Waals surface area contributed by atoms with Crippen LogP contribution in [0.4, 0.5) is 11.4 Å². The maximum Gasteiger partial charge on any atom is 0.339 e. The molecule has 2 aromatic carbocycles. The molecule has 0 saturated heterocycles. The number of carboxylic acids is 1. The molecule has 0 bridgehead atoms. The molecule has 3 rings (SSSR count). The van der Waals surface area contributed by atoms with E-state index in [1.54, 1.807) is 12.1 Å². The molecule has 0 radical (unpaired) electrons. The lowest BCUT2D eigenvalue weighted by Gasteiger charge is -2.05. The van der Waals surface area contributed by atoms with Crippen LogP contribution in [0.3, 0.4) is 0 Å². The minimum absolute atomic E-state index is 0.00463. The van der Waals surface area contributed by atoms with Gasteiger partial charge in [0.05, 0.1) is 27.5 Å². The van der Waals surface area contributed by atoms with E-state index < -0.39 is 59.2 Å². The zero-order chi connectivity index (χ0) is 30.1. The Balaban J connectivity index is 0.000000296. The Labute approximate surface area is 231 Å². The Morgan fingerprint density at radius 3 is 2.23 bits per heavy atom. The van der Waals surface area contributed by atoms with Gasteiger partial charge < -0.3 is 24.9 Å². The van der Waals surface area contributed by atoms with Gasteiger partial charge in [-0.25, -0.2) is 9.00 Å². The van der Waals surface area contributed by atoms with Gasteiger partial charge in [0.25, 0.3) is 20.9 Å². The number of benzene rings is 2. The number of nitrogens with zero attached hydrogens (tertiary/aromatic N) is 1. The van der Waals surface area contributed by atoms with Crippen molar-refractivity contribution in [1.82, 2.24) is 0 Å². The molecule has 0 fully saturated rings. The molecule has 15 nitrogen and oxygen atoms in total. The quantitative estimate of drug-likeness (QED) is 0.0322. The topological polar surface area (TPSA) is 266 Å². The lowest BCUT2D eigenvalue weighted by Crippen LogP contribution is -2.09. The van der Waals surface area contributed by atoms with Crippen LogP contribution in [0.2, 0.25) is 5.02 Å². The van der Waals surface area contributed by atoms with Gasteiger partial charge in [-0.1, -0.05) is 24.2 Å². The summed E-state index contributed by atoms with van der Waals surface area (Å²) in [7, 11) is -4.71. The monoisotopic (exact) mass is 624 g/mol. The standard InChI is InChI=1S/C7H7NO6S.C7H6O3S.C6H4ClNO4S/c8-3-1-4(7(10)11)6(9)5(2-3)15(12,13)14;8-6(7(9)11)4-5-2-1-3-10-5;7-5-2-1-4(8(9)10)3-6(5)13(11)12/h1-2,9H,8H2,(H,10,11)(H,12,13,14);1-3H,4H2,(H,9,11);1-3H,(H,11,12). The molecule has 1 heterocycles. The fourth-order valence-corrected chi connectivity index (χ4v) is 3.87. The largest absolute Gasteiger partial charge is 0.506 e. The molecule has 0 saturated carbocycles. The van der Waals surface area contributed by atoms with Crippen LogP contribution < -0.4 is 5.73 Å². The molecule has 39 heavy (non-hydrogen) atoms. The molecular formula is C20H17ClN2O13S3. The lowest BCUT2D eigenvalue weighted by atomic mass is 10.2. The van der Waals surface area contributed by atoms with Crippen LogP contribution in [-0.2, 0) is 37.2 Å². The number of halogens is 1. The molecule has 0 aliphatic heterocycles. The zero-order valence-corrected chi connectivity index (χ0v) is 22.2. The van der Waals surface area contributed by atoms with Crippen LogP contribution in [0.15, 0.2) is 62.9 Å². The minimum Gasteiger partial charge on any atom is -0.506 e. The molecule has 210 valence electrons. The number of Topliss-reactive ketones (excluding diaryl/α,β-unsaturated/α-hetero) is 1. The fourth-order valence-electron chi connectivity index (χ4n) is 2.38. The van der Waals surface area contributed by atoms with Crippen molar-refractivity contribution in [2.24, 2.45) is 0 Å². The number of carbonyl (C=O) groups excluding carboxylic acids is 2. The van der Waals surface area contributed by atoms with Gasteiger partial charge in [0.15, 0.2) is 16.8 Å². The Bertz CT molecular complexity index is 1520. The Morgan fingerprint density at radius 2 is 1.79 bits per heavy atom. The maximum absolute atomic E-state index is 10.7. The highest BCUT2D eigenvalue weighted by Gasteiger charge is 2.22. The maximum atomic E-state index is 10.7. The number of furan rings is 1. The second-order valence-corrected chi connectivity index (χ2v) is 9.94. The summed E-state index contributed by atoms with van der Waals surface area (Å²) in [5.74, 6) is -2.66. The van der Waals surface area contributed by atoms with Gasteiger partial charge >= 0.3 is 5.97 Å². The van der Waals surface area contributed by atoms with Crippen molar-refractivity contribution in [3.8, 4) is 5.75 Å². The van der Waals surface area contributed by atoms with E-state index in [4.69, 9.17) is 36.0 Å². The molecule has 0 amide bonds. The first-order valence-corrected chi connectivity index (χ1v) is 13.0. The van der Waals surface area contributed by atoms with Gasteiger partial charge in [-0.3, -0.25) is 24.3 Å². The fraction of sp³-hybridized carbons (Fsp3) is 0.0500. The third-order valence-electron chi connectivity index (χ3n) is 4.07. The number of thiol groups is 1. The Morgan fingerprint density at radius 1 is 1.18 bits per heavy atom. The molecule has 1 atom stereocenters. The number of hydrogen-bond acceptors (Lipinski definition) is 11. The number of anilines is 1. The number of nitro groups is 1. The molecule has 0 aliphatic carbocycles. The van der Waals surface area contributed by atoms with Crippen LogP contribution in [0, 0.1) is 10.1 Å². The number of ketones is 1. The number of aromatic hydroxyl groups is 1. The van der Waals surface area contributed by atoms with Gasteiger partial charge in [0.1, 0.15) is 16.2 Å². The number of hydrogen-bond donors (Lipinski definition) is 6. The second-order valence-electron chi connectivity index (χ2n) is 6.80. The molecule has 19 heteroatoms. The van der Waals surface area contributed by atoms with E-state index in [0.717, 1.165) is 18.2 Å². The normalized spacial score (nSPS) is 11.2. The number of carboxylic acid groups (broad SMARTS) is 1. The summed E-state index contributed by atoms with van der Waals surface area (Å²) in [6.07, 6.45) is 1.45. The van der Waals surface area contributed by atoms with Gasteiger partial charge in [-0.15, -0.1) is 0 Å². The highest BCUT2D eigenvalue weighted by molar-refractivity contribution is 7.98. The Hall–Kier alpha value is -3.81. The predicted molar refractivity (Wildman–Crippen MR) is 138 cm³/mol. The van der Waals surface area contributed by atoms with Crippen LogP contribution in [-0.4, -0.2) is 53.7 Å². The first-order valence-electron chi connectivity index (χ1n) is 9.62. The number of carbonyl (C=O) groups is 3. The van der Waals surface area contributed by atoms with Gasteiger partial charge in [-0.2, -0.15) is 8.42 Å². The van der Waals surface area contributed by atoms with Crippen molar-refractivity contribution in [3.05, 3.63) is 75.2 Å². The van der Waals surface area contributed by atoms with E-state index in [1.165, 1.54) is 18.4 Å². The summed E-state index contributed by atoms with van der Waals surface area (Å²) in [6.45, 7) is 0.